The van der Waals surface area contributed by atoms with E-state index in [-0.39, 0.29) is 12.5 Å². The van der Waals surface area contributed by atoms with Crippen molar-refractivity contribution in [1.29, 1.82) is 0 Å². The van der Waals surface area contributed by atoms with Gasteiger partial charge in [-0.3, -0.25) is 4.79 Å². The predicted molar refractivity (Wildman–Crippen MR) is 89.3 cm³/mol. The number of nitrogens with zero attached hydrogens (tertiary/aromatic N) is 1. The molecule has 0 atom stereocenters. The van der Waals surface area contributed by atoms with Crippen LogP contribution in [0.4, 0.5) is 0 Å². The topological polar surface area (TPSA) is 41.6 Å². The summed E-state index contributed by atoms with van der Waals surface area (Å²) in [5.74, 6) is 1.82. The Balaban J connectivity index is 1.67. The van der Waals surface area contributed by atoms with E-state index < -0.39 is 0 Å². The number of ether oxygens (including phenoxy) is 1. The summed E-state index contributed by atoms with van der Waals surface area (Å²) < 4.78 is 5.54. The Morgan fingerprint density at radius 3 is 2.50 bits per heavy atom. The normalized spacial score (nSPS) is 16.7. The lowest BCUT2D eigenvalue weighted by Gasteiger charge is -2.28. The quantitative estimate of drug-likeness (QED) is 0.878. The summed E-state index contributed by atoms with van der Waals surface area (Å²) in [5, 5.41) is 2.98. The molecule has 0 spiro atoms. The molecule has 1 fully saturated rings. The van der Waals surface area contributed by atoms with Crippen LogP contribution in [0.3, 0.4) is 0 Å². The van der Waals surface area contributed by atoms with Gasteiger partial charge in [-0.2, -0.15) is 0 Å². The van der Waals surface area contributed by atoms with Gasteiger partial charge in [-0.25, -0.2) is 0 Å². The molecule has 1 aromatic rings. The Kier molecular flexibility index (Phi) is 6.25. The minimum atomic E-state index is -0.0353. The molecule has 1 N–H and O–H groups in total. The highest BCUT2D eigenvalue weighted by molar-refractivity contribution is 5.77. The highest BCUT2D eigenvalue weighted by atomic mass is 16.5. The second kappa shape index (κ2) is 8.18. The van der Waals surface area contributed by atoms with Crippen molar-refractivity contribution in [3.05, 3.63) is 29.8 Å². The Morgan fingerprint density at radius 1 is 1.27 bits per heavy atom. The SMILES string of the molecule is CC(C)c1ccc(OCC(=O)NCC2CCN(C)CC2)cc1. The molecule has 4 nitrogen and oxygen atoms in total. The lowest BCUT2D eigenvalue weighted by atomic mass is 9.97. The molecule has 1 heterocycles. The van der Waals surface area contributed by atoms with Crippen LogP contribution in [-0.2, 0) is 4.79 Å². The van der Waals surface area contributed by atoms with E-state index >= 15 is 0 Å². The van der Waals surface area contributed by atoms with Crippen LogP contribution in [0.15, 0.2) is 24.3 Å². The van der Waals surface area contributed by atoms with Crippen molar-refractivity contribution in [2.24, 2.45) is 5.92 Å². The average molecular weight is 304 g/mol. The van der Waals surface area contributed by atoms with Crippen LogP contribution in [0.2, 0.25) is 0 Å². The molecule has 0 aliphatic carbocycles. The summed E-state index contributed by atoms with van der Waals surface area (Å²) in [6.45, 7) is 7.42. The molecular formula is C18H28N2O2. The standard InChI is InChI=1S/C18H28N2O2/c1-14(2)16-4-6-17(7-5-16)22-13-18(21)19-12-15-8-10-20(3)11-9-15/h4-7,14-15H,8-13H2,1-3H3,(H,19,21). The number of amides is 1. The first-order valence-corrected chi connectivity index (χ1v) is 8.22. The van der Waals surface area contributed by atoms with E-state index in [2.05, 4.69) is 43.2 Å². The zero-order valence-electron chi connectivity index (χ0n) is 14.0. The van der Waals surface area contributed by atoms with Crippen LogP contribution >= 0.6 is 0 Å². The largest absolute Gasteiger partial charge is 0.484 e. The zero-order valence-corrected chi connectivity index (χ0v) is 14.0. The second-order valence-electron chi connectivity index (χ2n) is 6.56. The molecule has 1 aliphatic rings. The second-order valence-corrected chi connectivity index (χ2v) is 6.56. The molecule has 0 bridgehead atoms. The fourth-order valence-electron chi connectivity index (χ4n) is 2.67. The first-order chi connectivity index (χ1) is 10.5. The van der Waals surface area contributed by atoms with E-state index in [0.717, 1.165) is 38.2 Å². The summed E-state index contributed by atoms with van der Waals surface area (Å²) >= 11 is 0. The van der Waals surface area contributed by atoms with E-state index in [1.807, 2.05) is 12.1 Å². The van der Waals surface area contributed by atoms with Crippen LogP contribution in [0.5, 0.6) is 5.75 Å². The summed E-state index contributed by atoms with van der Waals surface area (Å²) in [4.78, 5) is 14.2. The first-order valence-electron chi connectivity index (χ1n) is 8.22. The van der Waals surface area contributed by atoms with Crippen molar-refractivity contribution in [3.8, 4) is 5.75 Å². The molecule has 2 rings (SSSR count). The Bertz CT molecular complexity index is 462. The number of nitrogens with one attached hydrogen (secondary N) is 1. The average Bonchev–Trinajstić information content (AvgIpc) is 2.52. The van der Waals surface area contributed by atoms with Gasteiger partial charge in [-0.15, -0.1) is 0 Å². The van der Waals surface area contributed by atoms with Crippen molar-refractivity contribution in [2.45, 2.75) is 32.6 Å². The fraction of sp³-hybridized carbons (Fsp3) is 0.611. The summed E-state index contributed by atoms with van der Waals surface area (Å²) in [6.07, 6.45) is 2.32. The van der Waals surface area contributed by atoms with Crippen molar-refractivity contribution in [1.82, 2.24) is 10.2 Å². The summed E-state index contributed by atoms with van der Waals surface area (Å²) in [7, 11) is 2.15. The molecule has 0 saturated carbocycles. The third-order valence-electron chi connectivity index (χ3n) is 4.34. The maximum atomic E-state index is 11.9. The highest BCUT2D eigenvalue weighted by Gasteiger charge is 2.17. The summed E-state index contributed by atoms with van der Waals surface area (Å²) in [5.41, 5.74) is 1.28. The fourth-order valence-corrected chi connectivity index (χ4v) is 2.67. The number of carbonyl (C=O) groups is 1. The number of hydrogen-bond acceptors (Lipinski definition) is 3. The molecular weight excluding hydrogens is 276 g/mol. The molecule has 0 unspecified atom stereocenters. The van der Waals surface area contributed by atoms with Crippen molar-refractivity contribution >= 4 is 5.91 Å². The monoisotopic (exact) mass is 304 g/mol. The first kappa shape index (κ1) is 16.8. The number of likely N-dealkylation sites (tertiary alicyclic amines) is 1. The van der Waals surface area contributed by atoms with Gasteiger partial charge in [0.15, 0.2) is 6.61 Å². The van der Waals surface area contributed by atoms with Crippen LogP contribution in [0.1, 0.15) is 38.2 Å². The molecule has 122 valence electrons. The van der Waals surface area contributed by atoms with E-state index in [1.54, 1.807) is 0 Å². The van der Waals surface area contributed by atoms with E-state index in [9.17, 15) is 4.79 Å². The molecule has 1 amide bonds. The number of piperidine rings is 1. The number of benzene rings is 1. The van der Waals surface area contributed by atoms with Crippen LogP contribution in [0, 0.1) is 5.92 Å². The van der Waals surface area contributed by atoms with Crippen molar-refractivity contribution < 1.29 is 9.53 Å². The molecule has 4 heteroatoms. The van der Waals surface area contributed by atoms with Crippen molar-refractivity contribution in [2.75, 3.05) is 33.3 Å². The van der Waals surface area contributed by atoms with Gasteiger partial charge in [0, 0.05) is 6.54 Å². The van der Waals surface area contributed by atoms with Gasteiger partial charge in [-0.1, -0.05) is 26.0 Å². The molecule has 0 aromatic heterocycles. The van der Waals surface area contributed by atoms with E-state index in [1.165, 1.54) is 5.56 Å². The number of hydrogen-bond donors (Lipinski definition) is 1. The third kappa shape index (κ3) is 5.34. The Hall–Kier alpha value is -1.55. The van der Waals surface area contributed by atoms with Gasteiger partial charge in [0.2, 0.25) is 0 Å². The molecule has 1 aromatic carbocycles. The maximum Gasteiger partial charge on any atom is 0.257 e. The van der Waals surface area contributed by atoms with Gasteiger partial charge in [0.1, 0.15) is 5.75 Å². The zero-order chi connectivity index (χ0) is 15.9. The van der Waals surface area contributed by atoms with Crippen LogP contribution in [-0.4, -0.2) is 44.1 Å². The van der Waals surface area contributed by atoms with E-state index in [0.29, 0.717) is 11.8 Å². The molecule has 1 aliphatic heterocycles. The third-order valence-corrected chi connectivity index (χ3v) is 4.34. The van der Waals surface area contributed by atoms with Gasteiger partial charge < -0.3 is 15.0 Å². The van der Waals surface area contributed by atoms with Gasteiger partial charge >= 0.3 is 0 Å². The minimum Gasteiger partial charge on any atom is -0.484 e. The van der Waals surface area contributed by atoms with Gasteiger partial charge in [0.25, 0.3) is 5.91 Å². The lowest BCUT2D eigenvalue weighted by molar-refractivity contribution is -0.123. The molecule has 22 heavy (non-hydrogen) atoms. The number of carbonyl (C=O) groups excluding carboxylic acids is 1. The highest BCUT2D eigenvalue weighted by Crippen LogP contribution is 2.18. The summed E-state index contributed by atoms with van der Waals surface area (Å²) in [6, 6.07) is 7.96. The van der Waals surface area contributed by atoms with Gasteiger partial charge in [0.05, 0.1) is 0 Å². The van der Waals surface area contributed by atoms with Crippen LogP contribution < -0.4 is 10.1 Å². The van der Waals surface area contributed by atoms with Crippen molar-refractivity contribution in [3.63, 3.8) is 0 Å². The Labute approximate surface area is 133 Å². The number of rotatable bonds is 6. The minimum absolute atomic E-state index is 0.0353. The molecule has 0 radical (unpaired) electrons. The predicted octanol–water partition coefficient (Wildman–Crippen LogP) is 2.65. The lowest BCUT2D eigenvalue weighted by Crippen LogP contribution is -2.38. The molecule has 1 saturated heterocycles. The van der Waals surface area contributed by atoms with E-state index in [4.69, 9.17) is 4.74 Å². The van der Waals surface area contributed by atoms with Gasteiger partial charge in [-0.05, 0) is 62.5 Å². The Morgan fingerprint density at radius 2 is 1.91 bits per heavy atom. The van der Waals surface area contributed by atoms with Crippen LogP contribution in [0.25, 0.3) is 0 Å². The maximum absolute atomic E-state index is 11.9. The smallest absolute Gasteiger partial charge is 0.257 e.